The van der Waals surface area contributed by atoms with Crippen molar-refractivity contribution in [3.8, 4) is 5.75 Å². The Morgan fingerprint density at radius 2 is 1.70 bits per heavy atom. The van der Waals surface area contributed by atoms with Crippen LogP contribution in [0.15, 0.2) is 24.3 Å². The van der Waals surface area contributed by atoms with E-state index in [0.29, 0.717) is 6.04 Å². The molecule has 0 spiro atoms. The van der Waals surface area contributed by atoms with Crippen molar-refractivity contribution in [1.82, 2.24) is 5.32 Å². The molecule has 114 valence electrons. The Hall–Kier alpha value is -1.02. The summed E-state index contributed by atoms with van der Waals surface area (Å²) in [6.07, 6.45) is 6.70. The Bertz CT molecular complexity index is 362. The normalized spacial score (nSPS) is 12.7. The SMILES string of the molecule is COc1ccccc1C(C)NCCCCCCC(C)C. The molecule has 1 N–H and O–H groups in total. The first-order chi connectivity index (χ1) is 9.65. The van der Waals surface area contributed by atoms with Gasteiger partial charge < -0.3 is 10.1 Å². The second-order valence-corrected chi connectivity index (χ2v) is 6.01. The molecule has 0 aromatic heterocycles. The first-order valence-corrected chi connectivity index (χ1v) is 8.01. The van der Waals surface area contributed by atoms with Crippen LogP contribution in [-0.4, -0.2) is 13.7 Å². The average molecular weight is 277 g/mol. The number of para-hydroxylation sites is 1. The lowest BCUT2D eigenvalue weighted by Crippen LogP contribution is -2.20. The molecule has 1 atom stereocenters. The first-order valence-electron chi connectivity index (χ1n) is 8.01. The summed E-state index contributed by atoms with van der Waals surface area (Å²) in [4.78, 5) is 0. The van der Waals surface area contributed by atoms with Crippen LogP contribution in [0.3, 0.4) is 0 Å². The van der Waals surface area contributed by atoms with Gasteiger partial charge in [-0.05, 0) is 31.9 Å². The standard InChI is InChI=1S/C18H31NO/c1-15(2)11-7-5-6-10-14-19-16(3)17-12-8-9-13-18(17)20-4/h8-9,12-13,15-16,19H,5-7,10-11,14H2,1-4H3. The lowest BCUT2D eigenvalue weighted by atomic mass is 10.0. The molecule has 2 heteroatoms. The molecule has 0 saturated carbocycles. The maximum atomic E-state index is 5.41. The van der Waals surface area contributed by atoms with Gasteiger partial charge in [0.2, 0.25) is 0 Å². The summed E-state index contributed by atoms with van der Waals surface area (Å²) in [7, 11) is 1.74. The van der Waals surface area contributed by atoms with E-state index >= 15 is 0 Å². The van der Waals surface area contributed by atoms with E-state index in [-0.39, 0.29) is 0 Å². The van der Waals surface area contributed by atoms with Crippen molar-refractivity contribution in [2.24, 2.45) is 5.92 Å². The predicted octanol–water partition coefficient (Wildman–Crippen LogP) is 4.95. The van der Waals surface area contributed by atoms with E-state index in [9.17, 15) is 0 Å². The number of unbranched alkanes of at least 4 members (excludes halogenated alkanes) is 3. The summed E-state index contributed by atoms with van der Waals surface area (Å²) in [6, 6.07) is 8.60. The van der Waals surface area contributed by atoms with Crippen LogP contribution in [0.25, 0.3) is 0 Å². The van der Waals surface area contributed by atoms with E-state index in [4.69, 9.17) is 4.74 Å². The Morgan fingerprint density at radius 1 is 1.00 bits per heavy atom. The summed E-state index contributed by atoms with van der Waals surface area (Å²) in [6.45, 7) is 7.89. The topological polar surface area (TPSA) is 21.3 Å². The molecular formula is C18H31NO. The van der Waals surface area contributed by atoms with E-state index in [1.54, 1.807) is 7.11 Å². The number of rotatable bonds is 10. The monoisotopic (exact) mass is 277 g/mol. The molecule has 0 aliphatic carbocycles. The van der Waals surface area contributed by atoms with E-state index in [0.717, 1.165) is 18.2 Å². The molecule has 1 unspecified atom stereocenters. The fraction of sp³-hybridized carbons (Fsp3) is 0.667. The van der Waals surface area contributed by atoms with Gasteiger partial charge in [-0.25, -0.2) is 0 Å². The molecule has 0 radical (unpaired) electrons. The second kappa shape index (κ2) is 9.82. The average Bonchev–Trinajstić information content (AvgIpc) is 2.45. The summed E-state index contributed by atoms with van der Waals surface area (Å²) in [5, 5.41) is 3.59. The fourth-order valence-electron chi connectivity index (χ4n) is 2.48. The zero-order valence-corrected chi connectivity index (χ0v) is 13.6. The summed E-state index contributed by atoms with van der Waals surface area (Å²) in [5.74, 6) is 1.82. The second-order valence-electron chi connectivity index (χ2n) is 6.01. The maximum Gasteiger partial charge on any atom is 0.123 e. The molecule has 0 heterocycles. The molecule has 0 amide bonds. The van der Waals surface area contributed by atoms with Crippen LogP contribution in [0.2, 0.25) is 0 Å². The van der Waals surface area contributed by atoms with Crippen LogP contribution in [0.4, 0.5) is 0 Å². The first kappa shape index (κ1) is 17.0. The summed E-state index contributed by atoms with van der Waals surface area (Å²) in [5.41, 5.74) is 1.25. The van der Waals surface area contributed by atoms with Crippen molar-refractivity contribution in [1.29, 1.82) is 0 Å². The maximum absolute atomic E-state index is 5.41. The molecule has 1 aromatic carbocycles. The molecule has 1 aromatic rings. The highest BCUT2D eigenvalue weighted by atomic mass is 16.5. The van der Waals surface area contributed by atoms with Crippen molar-refractivity contribution >= 4 is 0 Å². The summed E-state index contributed by atoms with van der Waals surface area (Å²) < 4.78 is 5.41. The number of methoxy groups -OCH3 is 1. The van der Waals surface area contributed by atoms with Gasteiger partial charge in [0.15, 0.2) is 0 Å². The molecule has 0 aliphatic rings. The summed E-state index contributed by atoms with van der Waals surface area (Å²) >= 11 is 0. The zero-order chi connectivity index (χ0) is 14.8. The van der Waals surface area contributed by atoms with Crippen molar-refractivity contribution in [3.63, 3.8) is 0 Å². The van der Waals surface area contributed by atoms with Gasteiger partial charge in [0.1, 0.15) is 5.75 Å². The third kappa shape index (κ3) is 6.42. The molecular weight excluding hydrogens is 246 g/mol. The van der Waals surface area contributed by atoms with Crippen molar-refractivity contribution in [2.75, 3.05) is 13.7 Å². The number of ether oxygens (including phenoxy) is 1. The molecule has 0 saturated heterocycles. The number of hydrogen-bond acceptors (Lipinski definition) is 2. The smallest absolute Gasteiger partial charge is 0.123 e. The van der Waals surface area contributed by atoms with E-state index in [1.165, 1.54) is 37.7 Å². The molecule has 0 bridgehead atoms. The van der Waals surface area contributed by atoms with Crippen LogP contribution in [0.1, 0.15) is 64.5 Å². The predicted molar refractivity (Wildman–Crippen MR) is 87.3 cm³/mol. The molecule has 0 fully saturated rings. The van der Waals surface area contributed by atoms with Crippen LogP contribution >= 0.6 is 0 Å². The van der Waals surface area contributed by atoms with Gasteiger partial charge in [-0.3, -0.25) is 0 Å². The van der Waals surface area contributed by atoms with Gasteiger partial charge in [-0.2, -0.15) is 0 Å². The molecule has 0 aliphatic heterocycles. The van der Waals surface area contributed by atoms with Gasteiger partial charge in [-0.1, -0.05) is 57.7 Å². The number of benzene rings is 1. The minimum Gasteiger partial charge on any atom is -0.496 e. The van der Waals surface area contributed by atoms with Crippen molar-refractivity contribution in [3.05, 3.63) is 29.8 Å². The zero-order valence-electron chi connectivity index (χ0n) is 13.6. The van der Waals surface area contributed by atoms with Crippen LogP contribution in [-0.2, 0) is 0 Å². The van der Waals surface area contributed by atoms with Gasteiger partial charge in [0.25, 0.3) is 0 Å². The lowest BCUT2D eigenvalue weighted by Gasteiger charge is -2.17. The Labute approximate surface area is 124 Å². The Morgan fingerprint density at radius 3 is 2.40 bits per heavy atom. The van der Waals surface area contributed by atoms with Gasteiger partial charge in [0.05, 0.1) is 7.11 Å². The quantitative estimate of drug-likeness (QED) is 0.611. The highest BCUT2D eigenvalue weighted by molar-refractivity contribution is 5.35. The molecule has 1 rings (SSSR count). The lowest BCUT2D eigenvalue weighted by molar-refractivity contribution is 0.401. The fourth-order valence-corrected chi connectivity index (χ4v) is 2.48. The van der Waals surface area contributed by atoms with E-state index in [1.807, 2.05) is 12.1 Å². The largest absolute Gasteiger partial charge is 0.496 e. The van der Waals surface area contributed by atoms with Gasteiger partial charge in [0, 0.05) is 11.6 Å². The van der Waals surface area contributed by atoms with Crippen molar-refractivity contribution < 1.29 is 4.74 Å². The Balaban J connectivity index is 2.18. The third-order valence-electron chi connectivity index (χ3n) is 3.76. The minimum atomic E-state index is 0.349. The van der Waals surface area contributed by atoms with Gasteiger partial charge in [-0.15, -0.1) is 0 Å². The third-order valence-corrected chi connectivity index (χ3v) is 3.76. The van der Waals surface area contributed by atoms with Crippen LogP contribution in [0, 0.1) is 5.92 Å². The van der Waals surface area contributed by atoms with Crippen molar-refractivity contribution in [2.45, 2.75) is 58.9 Å². The highest BCUT2D eigenvalue weighted by Crippen LogP contribution is 2.24. The molecule has 2 nitrogen and oxygen atoms in total. The van der Waals surface area contributed by atoms with Gasteiger partial charge >= 0.3 is 0 Å². The van der Waals surface area contributed by atoms with Crippen LogP contribution < -0.4 is 10.1 Å². The number of hydrogen-bond donors (Lipinski definition) is 1. The van der Waals surface area contributed by atoms with Crippen LogP contribution in [0.5, 0.6) is 5.75 Å². The highest BCUT2D eigenvalue weighted by Gasteiger charge is 2.09. The number of nitrogens with one attached hydrogen (secondary N) is 1. The van der Waals surface area contributed by atoms with E-state index in [2.05, 4.69) is 38.2 Å². The Kier molecular flexibility index (Phi) is 8.36. The minimum absolute atomic E-state index is 0.349. The molecule has 20 heavy (non-hydrogen) atoms. The van der Waals surface area contributed by atoms with E-state index < -0.39 is 0 Å².